The van der Waals surface area contributed by atoms with E-state index >= 15 is 0 Å². The number of halogens is 2. The first-order chi connectivity index (χ1) is 11.8. The van der Waals surface area contributed by atoms with E-state index in [-0.39, 0.29) is 18.1 Å². The lowest BCUT2D eigenvalue weighted by Crippen LogP contribution is -2.57. The molecule has 1 aromatic rings. The number of aryl methyl sites for hydroxylation is 1. The van der Waals surface area contributed by atoms with Crippen LogP contribution in [0.1, 0.15) is 29.2 Å². The fourth-order valence-electron chi connectivity index (χ4n) is 3.77. The zero-order valence-electron chi connectivity index (χ0n) is 14.3. The van der Waals surface area contributed by atoms with Crippen molar-refractivity contribution < 1.29 is 23.1 Å². The van der Waals surface area contributed by atoms with Gasteiger partial charge in [-0.3, -0.25) is 9.59 Å². The number of methoxy groups -OCH3 is 1. The Balaban J connectivity index is 1.82. The summed E-state index contributed by atoms with van der Waals surface area (Å²) in [6.45, 7) is 2.13. The van der Waals surface area contributed by atoms with E-state index < -0.39 is 30.2 Å². The molecule has 0 unspecified atom stereocenters. The number of rotatable bonds is 4. The van der Waals surface area contributed by atoms with Crippen molar-refractivity contribution in [3.8, 4) is 0 Å². The topological polar surface area (TPSA) is 78.5 Å². The number of imidazole rings is 1. The van der Waals surface area contributed by atoms with Gasteiger partial charge in [0, 0.05) is 33.2 Å². The van der Waals surface area contributed by atoms with Crippen LogP contribution in [0.15, 0.2) is 6.20 Å². The van der Waals surface area contributed by atoms with Crippen molar-refractivity contribution in [1.82, 2.24) is 19.8 Å². The van der Waals surface area contributed by atoms with E-state index in [0.717, 1.165) is 4.90 Å². The molecule has 138 valence electrons. The van der Waals surface area contributed by atoms with Gasteiger partial charge in [0.25, 0.3) is 11.8 Å². The Hall–Kier alpha value is -2.03. The molecule has 0 aromatic carbocycles. The van der Waals surface area contributed by atoms with E-state index in [9.17, 15) is 18.4 Å². The quantitative estimate of drug-likeness (QED) is 0.875. The summed E-state index contributed by atoms with van der Waals surface area (Å²) in [4.78, 5) is 34.7. The maximum atomic E-state index is 14.4. The first-order valence-electron chi connectivity index (χ1n) is 8.23. The van der Waals surface area contributed by atoms with Gasteiger partial charge in [0.1, 0.15) is 11.5 Å². The lowest BCUT2D eigenvalue weighted by Gasteiger charge is -2.42. The van der Waals surface area contributed by atoms with Gasteiger partial charge in [0.05, 0.1) is 24.8 Å². The van der Waals surface area contributed by atoms with Gasteiger partial charge in [0.15, 0.2) is 0 Å². The highest BCUT2D eigenvalue weighted by atomic mass is 19.3. The zero-order valence-corrected chi connectivity index (χ0v) is 14.3. The molecule has 0 aliphatic carbocycles. The molecule has 2 aliphatic heterocycles. The standard InChI is InChI=1S/C16H22F2N4O3/c1-11-19-7-12(20-11)13(23)22-9-15(8-16(17,18)10-22)3-4-21(14(15)24)5-6-25-2/h7H,3-6,8-10H2,1-2H3,(H,19,20)/t15-/m1/s1. The number of carbonyl (C=O) groups is 2. The van der Waals surface area contributed by atoms with Gasteiger partial charge >= 0.3 is 0 Å². The van der Waals surface area contributed by atoms with E-state index in [2.05, 4.69) is 9.97 Å². The molecule has 7 nitrogen and oxygen atoms in total. The second-order valence-electron chi connectivity index (χ2n) is 6.89. The normalized spacial score (nSPS) is 25.8. The first kappa shape index (κ1) is 17.8. The highest BCUT2D eigenvalue weighted by molar-refractivity contribution is 5.93. The average molecular weight is 356 g/mol. The van der Waals surface area contributed by atoms with Crippen molar-refractivity contribution in [2.24, 2.45) is 5.41 Å². The lowest BCUT2D eigenvalue weighted by molar-refractivity contribution is -0.151. The van der Waals surface area contributed by atoms with Crippen LogP contribution >= 0.6 is 0 Å². The molecule has 1 spiro atoms. The minimum Gasteiger partial charge on any atom is -0.383 e. The van der Waals surface area contributed by atoms with Gasteiger partial charge in [-0.2, -0.15) is 0 Å². The van der Waals surface area contributed by atoms with Gasteiger partial charge in [0.2, 0.25) is 5.91 Å². The molecule has 2 amide bonds. The third-order valence-electron chi connectivity index (χ3n) is 4.90. The van der Waals surface area contributed by atoms with Crippen molar-refractivity contribution in [2.45, 2.75) is 25.7 Å². The van der Waals surface area contributed by atoms with Crippen LogP contribution in [-0.4, -0.2) is 77.4 Å². The summed E-state index contributed by atoms with van der Waals surface area (Å²) in [6, 6.07) is 0. The van der Waals surface area contributed by atoms with Gasteiger partial charge in [-0.25, -0.2) is 13.8 Å². The fourth-order valence-corrected chi connectivity index (χ4v) is 3.77. The Labute approximate surface area is 144 Å². The summed E-state index contributed by atoms with van der Waals surface area (Å²) in [5.41, 5.74) is -1.06. The molecule has 1 aromatic heterocycles. The molecule has 9 heteroatoms. The Morgan fingerprint density at radius 3 is 2.84 bits per heavy atom. The molecule has 3 heterocycles. The molecule has 2 saturated heterocycles. The van der Waals surface area contributed by atoms with Gasteiger partial charge in [-0.15, -0.1) is 0 Å². The van der Waals surface area contributed by atoms with Crippen LogP contribution in [0.25, 0.3) is 0 Å². The molecule has 0 saturated carbocycles. The molecule has 0 bridgehead atoms. The first-order valence-corrected chi connectivity index (χ1v) is 8.23. The summed E-state index contributed by atoms with van der Waals surface area (Å²) in [7, 11) is 1.53. The zero-order chi connectivity index (χ0) is 18.2. The van der Waals surface area contributed by atoms with Crippen molar-refractivity contribution in [3.05, 3.63) is 17.7 Å². The Morgan fingerprint density at radius 1 is 1.44 bits per heavy atom. The monoisotopic (exact) mass is 356 g/mol. The molecule has 1 N–H and O–H groups in total. The molecular formula is C16H22F2N4O3. The van der Waals surface area contributed by atoms with Crippen molar-refractivity contribution in [3.63, 3.8) is 0 Å². The van der Waals surface area contributed by atoms with E-state index in [1.807, 2.05) is 0 Å². The largest absolute Gasteiger partial charge is 0.383 e. The molecule has 3 rings (SSSR count). The number of carbonyl (C=O) groups excluding carboxylic acids is 2. The van der Waals surface area contributed by atoms with Crippen LogP contribution in [0, 0.1) is 12.3 Å². The third-order valence-corrected chi connectivity index (χ3v) is 4.90. The minimum atomic E-state index is -3.10. The number of aromatic amines is 1. The highest BCUT2D eigenvalue weighted by Crippen LogP contribution is 2.45. The van der Waals surface area contributed by atoms with Crippen molar-refractivity contribution in [1.29, 1.82) is 0 Å². The van der Waals surface area contributed by atoms with Gasteiger partial charge < -0.3 is 19.5 Å². The lowest BCUT2D eigenvalue weighted by atomic mass is 9.77. The Kier molecular flexibility index (Phi) is 4.52. The second kappa shape index (κ2) is 6.36. The maximum Gasteiger partial charge on any atom is 0.272 e. The van der Waals surface area contributed by atoms with Crippen LogP contribution < -0.4 is 0 Å². The molecule has 2 fully saturated rings. The summed E-state index contributed by atoms with van der Waals surface area (Å²) in [6.07, 6.45) is 1.13. The van der Waals surface area contributed by atoms with Crippen LogP contribution in [0.3, 0.4) is 0 Å². The van der Waals surface area contributed by atoms with Crippen LogP contribution in [0.5, 0.6) is 0 Å². The number of amides is 2. The smallest absolute Gasteiger partial charge is 0.272 e. The molecule has 2 aliphatic rings. The van der Waals surface area contributed by atoms with Crippen LogP contribution in [0.2, 0.25) is 0 Å². The van der Waals surface area contributed by atoms with Crippen molar-refractivity contribution >= 4 is 11.8 Å². The van der Waals surface area contributed by atoms with Gasteiger partial charge in [-0.05, 0) is 13.3 Å². The predicted molar refractivity (Wildman–Crippen MR) is 84.3 cm³/mol. The van der Waals surface area contributed by atoms with E-state index in [4.69, 9.17) is 4.74 Å². The summed E-state index contributed by atoms with van der Waals surface area (Å²) in [5, 5.41) is 0. The number of alkyl halides is 2. The number of aromatic nitrogens is 2. The molecule has 1 atom stereocenters. The number of piperidine rings is 1. The maximum absolute atomic E-state index is 14.4. The van der Waals surface area contributed by atoms with E-state index in [1.165, 1.54) is 13.3 Å². The van der Waals surface area contributed by atoms with Crippen molar-refractivity contribution in [2.75, 3.05) is 39.9 Å². The average Bonchev–Trinajstić information content (AvgIpc) is 3.09. The molecule has 0 radical (unpaired) electrons. The Morgan fingerprint density at radius 2 is 2.20 bits per heavy atom. The number of hydrogen-bond donors (Lipinski definition) is 1. The van der Waals surface area contributed by atoms with Gasteiger partial charge in [-0.1, -0.05) is 0 Å². The fraction of sp³-hybridized carbons (Fsp3) is 0.688. The van der Waals surface area contributed by atoms with Crippen LogP contribution in [-0.2, 0) is 9.53 Å². The SMILES string of the molecule is COCCN1CC[C@@]2(CN(C(=O)c3cnc(C)[nH]3)CC(F)(F)C2)C1=O. The summed E-state index contributed by atoms with van der Waals surface area (Å²) < 4.78 is 33.7. The van der Waals surface area contributed by atoms with E-state index in [1.54, 1.807) is 11.8 Å². The minimum absolute atomic E-state index is 0.00179. The van der Waals surface area contributed by atoms with Crippen LogP contribution in [0.4, 0.5) is 8.78 Å². The number of nitrogens with one attached hydrogen (secondary N) is 1. The summed E-state index contributed by atoms with van der Waals surface area (Å²) in [5.74, 6) is -3.44. The molecule has 25 heavy (non-hydrogen) atoms. The number of nitrogens with zero attached hydrogens (tertiary/aromatic N) is 3. The number of ether oxygens (including phenoxy) is 1. The predicted octanol–water partition coefficient (Wildman–Crippen LogP) is 1.06. The second-order valence-corrected chi connectivity index (χ2v) is 6.89. The Bertz CT molecular complexity index is 678. The molecular weight excluding hydrogens is 334 g/mol. The number of likely N-dealkylation sites (tertiary alicyclic amines) is 2. The summed E-state index contributed by atoms with van der Waals surface area (Å²) >= 11 is 0. The third kappa shape index (κ3) is 3.37. The number of H-pyrrole nitrogens is 1. The number of hydrogen-bond acceptors (Lipinski definition) is 4. The van der Waals surface area contributed by atoms with E-state index in [0.29, 0.717) is 31.9 Å². The highest BCUT2D eigenvalue weighted by Gasteiger charge is 2.57.